The van der Waals surface area contributed by atoms with Crippen LogP contribution < -0.4 is 5.32 Å². The first kappa shape index (κ1) is 17.0. The molecule has 5 nitrogen and oxygen atoms in total. The minimum absolute atomic E-state index is 0.178. The molecular formula is C20H28N2O3. The maximum atomic E-state index is 12.3. The van der Waals surface area contributed by atoms with Gasteiger partial charge in [-0.1, -0.05) is 30.3 Å². The van der Waals surface area contributed by atoms with Crippen LogP contribution in [-0.2, 0) is 14.3 Å². The number of likely N-dealkylation sites (tertiary alicyclic amines) is 1. The Morgan fingerprint density at radius 3 is 2.52 bits per heavy atom. The van der Waals surface area contributed by atoms with Crippen molar-refractivity contribution in [1.82, 2.24) is 10.2 Å². The van der Waals surface area contributed by atoms with Crippen molar-refractivity contribution < 1.29 is 14.3 Å². The number of ether oxygens (including phenoxy) is 2. The first-order valence-corrected chi connectivity index (χ1v) is 9.49. The van der Waals surface area contributed by atoms with E-state index >= 15 is 0 Å². The molecule has 3 fully saturated rings. The smallest absolute Gasteiger partial charge is 0.223 e. The zero-order valence-electron chi connectivity index (χ0n) is 14.9. The Kier molecular flexibility index (Phi) is 4.80. The molecule has 1 aliphatic carbocycles. The first-order chi connectivity index (χ1) is 12.2. The van der Waals surface area contributed by atoms with Crippen molar-refractivity contribution in [1.29, 1.82) is 0 Å². The second-order valence-electron chi connectivity index (χ2n) is 7.61. The molecule has 0 radical (unpaired) electrons. The summed E-state index contributed by atoms with van der Waals surface area (Å²) in [4.78, 5) is 14.2. The van der Waals surface area contributed by atoms with Gasteiger partial charge >= 0.3 is 0 Å². The van der Waals surface area contributed by atoms with Gasteiger partial charge in [-0.3, -0.25) is 4.79 Å². The van der Waals surface area contributed by atoms with E-state index in [0.717, 1.165) is 45.4 Å². The Hall–Kier alpha value is -1.43. The average molecular weight is 344 g/mol. The van der Waals surface area contributed by atoms with E-state index in [1.807, 2.05) is 18.0 Å². The summed E-state index contributed by atoms with van der Waals surface area (Å²) in [6.45, 7) is 2.34. The van der Waals surface area contributed by atoms with Crippen molar-refractivity contribution in [3.05, 3.63) is 35.9 Å². The highest BCUT2D eigenvalue weighted by Gasteiger charge is 2.41. The Labute approximate surface area is 149 Å². The number of hydrogen-bond donors (Lipinski definition) is 1. The summed E-state index contributed by atoms with van der Waals surface area (Å²) in [7, 11) is 1.93. The molecule has 1 aromatic rings. The van der Waals surface area contributed by atoms with Crippen LogP contribution in [0.25, 0.3) is 0 Å². The third-order valence-corrected chi connectivity index (χ3v) is 6.06. The third-order valence-electron chi connectivity index (χ3n) is 6.06. The predicted molar refractivity (Wildman–Crippen MR) is 95.0 cm³/mol. The van der Waals surface area contributed by atoms with E-state index in [0.29, 0.717) is 18.4 Å². The van der Waals surface area contributed by atoms with Gasteiger partial charge in [-0.05, 0) is 18.4 Å². The largest absolute Gasteiger partial charge is 0.348 e. The van der Waals surface area contributed by atoms with Crippen molar-refractivity contribution >= 4 is 5.91 Å². The van der Waals surface area contributed by atoms with Gasteiger partial charge in [0, 0.05) is 44.8 Å². The summed E-state index contributed by atoms with van der Waals surface area (Å²) in [5.41, 5.74) is 1.23. The number of carbonyl (C=O) groups is 1. The van der Waals surface area contributed by atoms with E-state index in [1.165, 1.54) is 5.56 Å². The van der Waals surface area contributed by atoms with Gasteiger partial charge in [0.1, 0.15) is 0 Å². The monoisotopic (exact) mass is 344 g/mol. The second-order valence-corrected chi connectivity index (χ2v) is 7.61. The second kappa shape index (κ2) is 7.06. The molecule has 25 heavy (non-hydrogen) atoms. The van der Waals surface area contributed by atoms with Crippen LogP contribution in [0, 0.1) is 5.92 Å². The highest BCUT2D eigenvalue weighted by Crippen LogP contribution is 2.38. The lowest BCUT2D eigenvalue weighted by atomic mass is 9.88. The van der Waals surface area contributed by atoms with Crippen LogP contribution in [-0.4, -0.2) is 49.4 Å². The Morgan fingerprint density at radius 1 is 1.16 bits per heavy atom. The molecule has 2 aliphatic heterocycles. The molecule has 1 N–H and O–H groups in total. The molecule has 136 valence electrons. The highest BCUT2D eigenvalue weighted by atomic mass is 16.7. The molecule has 4 rings (SSSR count). The molecule has 0 bridgehead atoms. The fourth-order valence-electron chi connectivity index (χ4n) is 4.65. The van der Waals surface area contributed by atoms with Gasteiger partial charge in [0.2, 0.25) is 5.91 Å². The predicted octanol–water partition coefficient (Wildman–Crippen LogP) is 2.48. The van der Waals surface area contributed by atoms with E-state index in [1.54, 1.807) is 0 Å². The molecule has 2 atom stereocenters. The molecule has 2 heterocycles. The lowest BCUT2D eigenvalue weighted by Gasteiger charge is -2.36. The van der Waals surface area contributed by atoms with Crippen LogP contribution in [0.4, 0.5) is 0 Å². The summed E-state index contributed by atoms with van der Waals surface area (Å²) in [5.74, 6) is 0.277. The van der Waals surface area contributed by atoms with Crippen LogP contribution in [0.15, 0.2) is 30.3 Å². The van der Waals surface area contributed by atoms with Gasteiger partial charge < -0.3 is 19.7 Å². The molecule has 1 amide bonds. The minimum Gasteiger partial charge on any atom is -0.348 e. The Balaban J connectivity index is 1.35. The maximum absolute atomic E-state index is 12.3. The number of amides is 1. The standard InChI is InChI=1S/C20H28N2O3/c1-22-18(23)13-16(19(22)15-5-3-2-4-6-15)14-21-17-7-9-20(10-8-17)24-11-12-25-20/h2-6,16-17,19,21H,7-14H2,1H3/t16-,19+/m0/s1. The molecule has 0 aromatic heterocycles. The fraction of sp³-hybridized carbons (Fsp3) is 0.650. The van der Waals surface area contributed by atoms with E-state index < -0.39 is 0 Å². The molecule has 2 saturated heterocycles. The first-order valence-electron chi connectivity index (χ1n) is 9.49. The van der Waals surface area contributed by atoms with Gasteiger partial charge in [-0.2, -0.15) is 0 Å². The number of rotatable bonds is 4. The molecule has 1 spiro atoms. The number of nitrogens with zero attached hydrogens (tertiary/aromatic N) is 1. The van der Waals surface area contributed by atoms with Crippen molar-refractivity contribution in [3.63, 3.8) is 0 Å². The van der Waals surface area contributed by atoms with E-state index in [4.69, 9.17) is 9.47 Å². The molecule has 0 unspecified atom stereocenters. The summed E-state index contributed by atoms with van der Waals surface area (Å²) in [6, 6.07) is 11.1. The van der Waals surface area contributed by atoms with Gasteiger partial charge in [0.15, 0.2) is 5.79 Å². The number of benzene rings is 1. The Bertz CT molecular complexity index is 590. The van der Waals surface area contributed by atoms with E-state index in [2.05, 4.69) is 29.6 Å². The Morgan fingerprint density at radius 2 is 1.84 bits per heavy atom. The summed E-state index contributed by atoms with van der Waals surface area (Å²) in [5, 5.41) is 3.72. The van der Waals surface area contributed by atoms with Crippen LogP contribution in [0.3, 0.4) is 0 Å². The quantitative estimate of drug-likeness (QED) is 0.912. The van der Waals surface area contributed by atoms with Crippen LogP contribution in [0.1, 0.15) is 43.7 Å². The summed E-state index contributed by atoms with van der Waals surface area (Å²) >= 11 is 0. The van der Waals surface area contributed by atoms with E-state index in [9.17, 15) is 4.79 Å². The zero-order chi connectivity index (χ0) is 17.3. The van der Waals surface area contributed by atoms with Crippen molar-refractivity contribution in [2.24, 2.45) is 5.92 Å². The lowest BCUT2D eigenvalue weighted by molar-refractivity contribution is -0.179. The average Bonchev–Trinajstić information content (AvgIpc) is 3.20. The van der Waals surface area contributed by atoms with Crippen LogP contribution >= 0.6 is 0 Å². The fourth-order valence-corrected chi connectivity index (χ4v) is 4.65. The SMILES string of the molecule is CN1C(=O)C[C@@H](CNC2CCC3(CC2)OCCO3)[C@H]1c1ccccc1. The van der Waals surface area contributed by atoms with Crippen LogP contribution in [0.5, 0.6) is 0 Å². The topological polar surface area (TPSA) is 50.8 Å². The number of nitrogens with one attached hydrogen (secondary N) is 1. The highest BCUT2D eigenvalue weighted by molar-refractivity contribution is 5.79. The lowest BCUT2D eigenvalue weighted by Crippen LogP contribution is -2.43. The van der Waals surface area contributed by atoms with Gasteiger partial charge in [0.25, 0.3) is 0 Å². The maximum Gasteiger partial charge on any atom is 0.223 e. The summed E-state index contributed by atoms with van der Waals surface area (Å²) < 4.78 is 11.6. The molecule has 3 aliphatic rings. The van der Waals surface area contributed by atoms with E-state index in [-0.39, 0.29) is 17.7 Å². The van der Waals surface area contributed by atoms with Gasteiger partial charge in [-0.15, -0.1) is 0 Å². The molecule has 5 heteroatoms. The number of hydrogen-bond acceptors (Lipinski definition) is 4. The molecule has 1 saturated carbocycles. The van der Waals surface area contributed by atoms with Crippen LogP contribution in [0.2, 0.25) is 0 Å². The molecular weight excluding hydrogens is 316 g/mol. The van der Waals surface area contributed by atoms with Gasteiger partial charge in [-0.25, -0.2) is 0 Å². The molecule has 1 aromatic carbocycles. The minimum atomic E-state index is -0.297. The van der Waals surface area contributed by atoms with Crippen molar-refractivity contribution in [2.75, 3.05) is 26.8 Å². The summed E-state index contributed by atoms with van der Waals surface area (Å²) in [6.07, 6.45) is 4.72. The third kappa shape index (κ3) is 3.46. The van der Waals surface area contributed by atoms with Crippen molar-refractivity contribution in [3.8, 4) is 0 Å². The zero-order valence-corrected chi connectivity index (χ0v) is 14.9. The number of carbonyl (C=O) groups excluding carboxylic acids is 1. The normalized spacial score (nSPS) is 29.6. The van der Waals surface area contributed by atoms with Gasteiger partial charge in [0.05, 0.1) is 19.3 Å². The van der Waals surface area contributed by atoms with Crippen molar-refractivity contribution in [2.45, 2.75) is 50.0 Å².